The molecule has 0 radical (unpaired) electrons. The van der Waals surface area contributed by atoms with E-state index in [4.69, 9.17) is 9.84 Å². The summed E-state index contributed by atoms with van der Waals surface area (Å²) in [4.78, 5) is 54.3. The third kappa shape index (κ3) is 6.70. The van der Waals surface area contributed by atoms with Crippen molar-refractivity contribution >= 4 is 40.5 Å². The number of aromatic nitrogens is 1. The lowest BCUT2D eigenvalue weighted by atomic mass is 9.55. The van der Waals surface area contributed by atoms with Crippen LogP contribution >= 0.6 is 0 Å². The van der Waals surface area contributed by atoms with E-state index in [0.717, 1.165) is 54.0 Å². The number of nitrogens with one attached hydrogen (secondary N) is 4. The SMILES string of the molecule is CC(NC(=O)CCC(=O)O)c1ccccc1NC(=O)C(C)(Cc1c[nH]c2ccccc12)NC(=O)OC1C2CC3CC(C2)CC1C3. The van der Waals surface area contributed by atoms with Crippen LogP contribution in [-0.2, 0) is 25.5 Å². The largest absolute Gasteiger partial charge is 0.481 e. The molecule has 10 heteroatoms. The number of alkyl carbamates (subject to hydrolysis) is 1. The molecule has 1 heterocycles. The van der Waals surface area contributed by atoms with Gasteiger partial charge in [-0.1, -0.05) is 36.4 Å². The molecule has 2 aromatic carbocycles. The summed E-state index contributed by atoms with van der Waals surface area (Å²) in [6.07, 6.45) is 6.70. The number of amides is 3. The third-order valence-electron chi connectivity index (χ3n) is 10.1. The highest BCUT2D eigenvalue weighted by atomic mass is 16.6. The lowest BCUT2D eigenvalue weighted by Crippen LogP contribution is -2.58. The van der Waals surface area contributed by atoms with Gasteiger partial charge in [0.25, 0.3) is 0 Å². The van der Waals surface area contributed by atoms with Gasteiger partial charge < -0.3 is 30.8 Å². The highest BCUT2D eigenvalue weighted by Crippen LogP contribution is 2.54. The number of rotatable bonds is 11. The van der Waals surface area contributed by atoms with Crippen molar-refractivity contribution in [3.8, 4) is 0 Å². The summed E-state index contributed by atoms with van der Waals surface area (Å²) >= 11 is 0. The Hall–Kier alpha value is -4.34. The molecule has 45 heavy (non-hydrogen) atoms. The first-order chi connectivity index (χ1) is 21.6. The fourth-order valence-electron chi connectivity index (χ4n) is 8.15. The molecule has 1 aromatic heterocycles. The van der Waals surface area contributed by atoms with E-state index in [1.54, 1.807) is 38.1 Å². The number of hydrogen-bond acceptors (Lipinski definition) is 5. The Balaban J connectivity index is 1.21. The zero-order valence-corrected chi connectivity index (χ0v) is 25.8. The topological polar surface area (TPSA) is 150 Å². The normalized spacial score (nSPS) is 25.2. The average Bonchev–Trinajstić information content (AvgIpc) is 3.40. The van der Waals surface area contributed by atoms with Crippen molar-refractivity contribution in [2.45, 2.75) is 82.9 Å². The molecule has 4 bridgehead atoms. The van der Waals surface area contributed by atoms with Gasteiger partial charge in [0.1, 0.15) is 11.6 Å². The number of carboxylic acid groups (broad SMARTS) is 1. The molecule has 0 aliphatic heterocycles. The van der Waals surface area contributed by atoms with Gasteiger partial charge in [-0.2, -0.15) is 0 Å². The standard InChI is InChI=1S/C35H42N4O6/c1-20(37-30(40)11-12-31(41)42)26-7-3-6-10-29(26)38-33(43)35(2,18-25-19-36-28-9-5-4-8-27(25)28)39-34(44)45-32-23-14-21-13-22(16-23)17-24(32)15-21/h3-10,19-24,32,36H,11-18H2,1-2H3,(H,37,40)(H,38,43)(H,39,44)(H,41,42). The van der Waals surface area contributed by atoms with Crippen LogP contribution in [0.15, 0.2) is 54.7 Å². The number of aliphatic carboxylic acids is 1. The van der Waals surface area contributed by atoms with Gasteiger partial charge in [-0.3, -0.25) is 14.4 Å². The number of carbonyl (C=O) groups excluding carboxylic acids is 3. The van der Waals surface area contributed by atoms with E-state index in [-0.39, 0.29) is 25.4 Å². The molecule has 2 atom stereocenters. The Morgan fingerprint density at radius 1 is 0.956 bits per heavy atom. The van der Waals surface area contributed by atoms with E-state index in [1.807, 2.05) is 30.5 Å². The first-order valence-electron chi connectivity index (χ1n) is 16.0. The minimum atomic E-state index is -1.38. The summed E-state index contributed by atoms with van der Waals surface area (Å²) in [5.74, 6) is 0.403. The molecule has 2 unspecified atom stereocenters. The Kier molecular flexibility index (Phi) is 8.57. The molecule has 10 nitrogen and oxygen atoms in total. The fourth-order valence-corrected chi connectivity index (χ4v) is 8.15. The van der Waals surface area contributed by atoms with E-state index in [9.17, 15) is 19.2 Å². The molecule has 0 saturated heterocycles. The highest BCUT2D eigenvalue weighted by Gasteiger charge is 2.50. The zero-order valence-electron chi connectivity index (χ0n) is 25.8. The summed E-state index contributed by atoms with van der Waals surface area (Å²) in [5.41, 5.74) is 1.57. The van der Waals surface area contributed by atoms with E-state index in [1.165, 1.54) is 6.42 Å². The molecular formula is C35H42N4O6. The Labute approximate surface area is 262 Å². The summed E-state index contributed by atoms with van der Waals surface area (Å²) in [6, 6.07) is 14.4. The number of fused-ring (bicyclic) bond motifs is 1. The van der Waals surface area contributed by atoms with E-state index in [0.29, 0.717) is 23.1 Å². The van der Waals surface area contributed by atoms with Gasteiger partial charge in [0, 0.05) is 35.6 Å². The van der Waals surface area contributed by atoms with Gasteiger partial charge in [-0.15, -0.1) is 0 Å². The minimum Gasteiger partial charge on any atom is -0.481 e. The fraction of sp³-hybridized carbons (Fsp3) is 0.486. The van der Waals surface area contributed by atoms with E-state index < -0.39 is 35.5 Å². The van der Waals surface area contributed by atoms with Crippen molar-refractivity contribution in [3.05, 3.63) is 65.9 Å². The summed E-state index contributed by atoms with van der Waals surface area (Å²) < 4.78 is 6.15. The van der Waals surface area contributed by atoms with Crippen LogP contribution in [0.25, 0.3) is 10.9 Å². The predicted octanol–water partition coefficient (Wildman–Crippen LogP) is 5.70. The second-order valence-electron chi connectivity index (χ2n) is 13.5. The maximum atomic E-state index is 14.2. The number of aromatic amines is 1. The summed E-state index contributed by atoms with van der Waals surface area (Å²) in [7, 11) is 0. The van der Waals surface area contributed by atoms with Crippen molar-refractivity contribution in [2.24, 2.45) is 23.7 Å². The van der Waals surface area contributed by atoms with Crippen LogP contribution in [0.2, 0.25) is 0 Å². The molecule has 238 valence electrons. The molecule has 5 N–H and O–H groups in total. The van der Waals surface area contributed by atoms with Crippen molar-refractivity contribution in [1.29, 1.82) is 0 Å². The van der Waals surface area contributed by atoms with Crippen molar-refractivity contribution in [2.75, 3.05) is 5.32 Å². The number of carbonyl (C=O) groups is 4. The maximum Gasteiger partial charge on any atom is 0.408 e. The monoisotopic (exact) mass is 614 g/mol. The van der Waals surface area contributed by atoms with Gasteiger partial charge in [0.05, 0.1) is 12.5 Å². The number of para-hydroxylation sites is 2. The van der Waals surface area contributed by atoms with E-state index >= 15 is 0 Å². The van der Waals surface area contributed by atoms with Gasteiger partial charge in [0.15, 0.2) is 0 Å². The van der Waals surface area contributed by atoms with Gasteiger partial charge in [0.2, 0.25) is 11.8 Å². The van der Waals surface area contributed by atoms with Crippen molar-refractivity contribution < 1.29 is 29.0 Å². The Morgan fingerprint density at radius 2 is 1.62 bits per heavy atom. The maximum absolute atomic E-state index is 14.2. The van der Waals surface area contributed by atoms with Gasteiger partial charge in [-0.25, -0.2) is 4.79 Å². The van der Waals surface area contributed by atoms with Crippen LogP contribution in [0.4, 0.5) is 10.5 Å². The summed E-state index contributed by atoms with van der Waals surface area (Å²) in [6.45, 7) is 3.48. The van der Waals surface area contributed by atoms with E-state index in [2.05, 4.69) is 20.9 Å². The first kappa shape index (κ1) is 30.7. The van der Waals surface area contributed by atoms with Crippen molar-refractivity contribution in [1.82, 2.24) is 15.6 Å². The lowest BCUT2D eigenvalue weighted by molar-refractivity contribution is -0.138. The van der Waals surface area contributed by atoms with Crippen LogP contribution in [-0.4, -0.2) is 45.6 Å². The van der Waals surface area contributed by atoms with Crippen LogP contribution in [0.5, 0.6) is 0 Å². The third-order valence-corrected chi connectivity index (χ3v) is 10.1. The average molecular weight is 615 g/mol. The molecule has 0 spiro atoms. The Morgan fingerprint density at radius 3 is 2.33 bits per heavy atom. The number of hydrogen-bond donors (Lipinski definition) is 5. The first-order valence-corrected chi connectivity index (χ1v) is 16.0. The van der Waals surface area contributed by atoms with Crippen LogP contribution < -0.4 is 16.0 Å². The molecule has 3 aromatic rings. The van der Waals surface area contributed by atoms with Crippen LogP contribution in [0, 0.1) is 23.7 Å². The number of carboxylic acids is 1. The quantitative estimate of drug-likeness (QED) is 0.187. The second-order valence-corrected chi connectivity index (χ2v) is 13.5. The number of H-pyrrole nitrogens is 1. The molecule has 3 amide bonds. The summed E-state index contributed by atoms with van der Waals surface area (Å²) in [5, 5.41) is 18.7. The molecule has 4 fully saturated rings. The molecule has 4 saturated carbocycles. The lowest BCUT2D eigenvalue weighted by Gasteiger charge is -2.53. The number of ether oxygens (including phenoxy) is 1. The molecule has 4 aliphatic carbocycles. The smallest absolute Gasteiger partial charge is 0.408 e. The predicted molar refractivity (Wildman–Crippen MR) is 169 cm³/mol. The Bertz CT molecular complexity index is 1570. The minimum absolute atomic E-state index is 0.121. The number of benzene rings is 2. The number of anilines is 1. The van der Waals surface area contributed by atoms with Crippen molar-refractivity contribution in [3.63, 3.8) is 0 Å². The zero-order chi connectivity index (χ0) is 31.7. The van der Waals surface area contributed by atoms with Gasteiger partial charge >= 0.3 is 12.1 Å². The highest BCUT2D eigenvalue weighted by molar-refractivity contribution is 6.01. The van der Waals surface area contributed by atoms with Gasteiger partial charge in [-0.05, 0) is 92.9 Å². The van der Waals surface area contributed by atoms with Crippen LogP contribution in [0.3, 0.4) is 0 Å². The molecular weight excluding hydrogens is 572 g/mol. The van der Waals surface area contributed by atoms with Crippen LogP contribution in [0.1, 0.15) is 76.0 Å². The second kappa shape index (κ2) is 12.6. The molecule has 4 aliphatic rings. The molecule has 7 rings (SSSR count).